The first kappa shape index (κ1) is 22.5. The van der Waals surface area contributed by atoms with Crippen molar-refractivity contribution in [1.29, 1.82) is 0 Å². The molecule has 0 aliphatic rings. The molecule has 0 bridgehead atoms. The van der Waals surface area contributed by atoms with E-state index in [1.807, 2.05) is 0 Å². The molecular formula is Li2O6V2. The predicted octanol–water partition coefficient (Wildman–Crippen LogP) is -8.85. The molecule has 0 aromatic heterocycles. The molecule has 0 atom stereocenters. The second-order valence-electron chi connectivity index (χ2n) is 0.447. The minimum absolute atomic E-state index is 0. The molecule has 0 heterocycles. The normalized spacial score (nSPS) is 5.00. The summed E-state index contributed by atoms with van der Waals surface area (Å²) in [5.74, 6) is 0. The molecule has 6 nitrogen and oxygen atoms in total. The zero-order valence-electron chi connectivity index (χ0n) is 5.34. The Balaban J connectivity index is -0.0000000300. The van der Waals surface area contributed by atoms with E-state index in [2.05, 4.69) is 0 Å². The van der Waals surface area contributed by atoms with Crippen LogP contribution in [0, 0.1) is 0 Å². The second-order valence-corrected chi connectivity index (χ2v) is 1.84. The van der Waals surface area contributed by atoms with Crippen LogP contribution in [0.3, 0.4) is 0 Å². The van der Waals surface area contributed by atoms with Crippen LogP contribution in [0.4, 0.5) is 0 Å². The maximum absolute atomic E-state index is 8.56. The van der Waals surface area contributed by atoms with E-state index in [1.54, 1.807) is 0 Å². The second kappa shape index (κ2) is 16.8. The molecule has 0 unspecified atom stereocenters. The van der Waals surface area contributed by atoms with E-state index >= 15 is 0 Å². The monoisotopic (exact) mass is 212 g/mol. The van der Waals surface area contributed by atoms with Gasteiger partial charge in [0.25, 0.3) is 0 Å². The first-order valence-electron chi connectivity index (χ1n) is 1.10. The topological polar surface area (TPSA) is 114 Å². The Morgan fingerprint density at radius 3 is 0.700 bits per heavy atom. The van der Waals surface area contributed by atoms with Gasteiger partial charge in [-0.1, -0.05) is 0 Å². The molecule has 10 heteroatoms. The number of hydrogen-bond acceptors (Lipinski definition) is 6. The van der Waals surface area contributed by atoms with Gasteiger partial charge in [-0.25, -0.2) is 0 Å². The van der Waals surface area contributed by atoms with Gasteiger partial charge in [0.05, 0.1) is 0 Å². The van der Waals surface area contributed by atoms with Gasteiger partial charge in [-0.3, -0.25) is 0 Å². The molecule has 48 valence electrons. The van der Waals surface area contributed by atoms with Crippen molar-refractivity contribution in [3.63, 3.8) is 0 Å². The van der Waals surface area contributed by atoms with Gasteiger partial charge in [-0.15, -0.1) is 0 Å². The third-order valence-corrected chi connectivity index (χ3v) is 0. The van der Waals surface area contributed by atoms with Crippen LogP contribution >= 0.6 is 0 Å². The molecule has 0 fully saturated rings. The van der Waals surface area contributed by atoms with Crippen LogP contribution in [0.5, 0.6) is 0 Å². The summed E-state index contributed by atoms with van der Waals surface area (Å²) >= 11 is -7.88. The van der Waals surface area contributed by atoms with E-state index in [4.69, 9.17) is 22.8 Å². The van der Waals surface area contributed by atoms with Gasteiger partial charge in [0.15, 0.2) is 0 Å². The van der Waals surface area contributed by atoms with Gasteiger partial charge in [0.1, 0.15) is 0 Å². The zero-order valence-corrected chi connectivity index (χ0v) is 8.14. The van der Waals surface area contributed by atoms with Crippen LogP contribution in [0.15, 0.2) is 0 Å². The van der Waals surface area contributed by atoms with Crippen molar-refractivity contribution >= 4 is 0 Å². The van der Waals surface area contributed by atoms with Crippen molar-refractivity contribution in [1.82, 2.24) is 0 Å². The number of rotatable bonds is 0. The summed E-state index contributed by atoms with van der Waals surface area (Å²) in [6, 6.07) is 0. The molecule has 0 aromatic carbocycles. The van der Waals surface area contributed by atoms with E-state index in [0.717, 1.165) is 0 Å². The van der Waals surface area contributed by atoms with Crippen molar-refractivity contribution < 1.29 is 91.3 Å². The molecule has 0 amide bonds. The molecule has 0 radical (unpaired) electrons. The third-order valence-electron chi connectivity index (χ3n) is 0. The molecule has 0 rings (SSSR count). The first-order valence-corrected chi connectivity index (χ1v) is 4.52. The van der Waals surface area contributed by atoms with Crippen LogP contribution < -0.4 is 45.8 Å². The molecule has 0 spiro atoms. The summed E-state index contributed by atoms with van der Waals surface area (Å²) in [6.07, 6.45) is 0. The zero-order chi connectivity index (χ0) is 7.15. The first-order chi connectivity index (χ1) is 3.46. The van der Waals surface area contributed by atoms with Gasteiger partial charge >= 0.3 is 91.3 Å². The van der Waals surface area contributed by atoms with Crippen molar-refractivity contribution in [2.24, 2.45) is 0 Å². The van der Waals surface area contributed by atoms with Crippen molar-refractivity contribution in [3.8, 4) is 0 Å². The van der Waals surface area contributed by atoms with Gasteiger partial charge in [0.2, 0.25) is 0 Å². The van der Waals surface area contributed by atoms with E-state index in [-0.39, 0.29) is 37.7 Å². The van der Waals surface area contributed by atoms with Crippen LogP contribution in [0.25, 0.3) is 0 Å². The Bertz CT molecular complexity index is 131. The summed E-state index contributed by atoms with van der Waals surface area (Å²) in [5, 5.41) is 0. The summed E-state index contributed by atoms with van der Waals surface area (Å²) in [5.41, 5.74) is 0. The minimum atomic E-state index is -3.94. The van der Waals surface area contributed by atoms with E-state index in [9.17, 15) is 0 Å². The van der Waals surface area contributed by atoms with Crippen LogP contribution in [-0.4, -0.2) is 0 Å². The summed E-state index contributed by atoms with van der Waals surface area (Å²) in [7, 11) is 0. The summed E-state index contributed by atoms with van der Waals surface area (Å²) in [4.78, 5) is 0. The predicted molar refractivity (Wildman–Crippen MR) is 2.75 cm³/mol. The van der Waals surface area contributed by atoms with Gasteiger partial charge in [-0.2, -0.15) is 0 Å². The fourth-order valence-corrected chi connectivity index (χ4v) is 0. The van der Waals surface area contributed by atoms with Crippen LogP contribution in [0.1, 0.15) is 0 Å². The SMILES string of the molecule is [Li+].[Li+].[O]=[V](=[O])[O-].[O]=[V](=[O])[O-]. The van der Waals surface area contributed by atoms with Crippen molar-refractivity contribution in [2.45, 2.75) is 0 Å². The van der Waals surface area contributed by atoms with Crippen molar-refractivity contribution in [3.05, 3.63) is 0 Å². The van der Waals surface area contributed by atoms with E-state index in [1.165, 1.54) is 0 Å². The standard InChI is InChI=1S/2Li.6O.2V/q2*+1;;;;;2*-1;;. The van der Waals surface area contributed by atoms with Crippen molar-refractivity contribution in [2.75, 3.05) is 0 Å². The molecule has 0 aliphatic carbocycles. The van der Waals surface area contributed by atoms with E-state index < -0.39 is 30.8 Å². The molecule has 0 aromatic rings. The molecule has 0 N–H and O–H groups in total. The quantitative estimate of drug-likeness (QED) is 0.368. The van der Waals surface area contributed by atoms with Crippen LogP contribution in [-0.2, 0) is 45.5 Å². The third kappa shape index (κ3) is 310. The summed E-state index contributed by atoms with van der Waals surface area (Å²) < 4.78 is 51.4. The molecule has 10 heavy (non-hydrogen) atoms. The Kier molecular flexibility index (Phi) is 37.9. The average Bonchev–Trinajstić information content (AvgIpc) is 1.25. The fourth-order valence-electron chi connectivity index (χ4n) is 0. The molecule has 0 aliphatic heterocycles. The molecule has 0 saturated carbocycles. The Morgan fingerprint density at radius 1 is 0.700 bits per heavy atom. The van der Waals surface area contributed by atoms with Gasteiger partial charge in [0, 0.05) is 0 Å². The average molecular weight is 212 g/mol. The molecule has 0 saturated heterocycles. The van der Waals surface area contributed by atoms with Gasteiger partial charge < -0.3 is 0 Å². The Labute approximate surface area is 90.5 Å². The Hall–Kier alpha value is 1.48. The summed E-state index contributed by atoms with van der Waals surface area (Å²) in [6.45, 7) is 0. The van der Waals surface area contributed by atoms with Gasteiger partial charge in [-0.05, 0) is 0 Å². The van der Waals surface area contributed by atoms with Crippen LogP contribution in [0.2, 0.25) is 0 Å². The Morgan fingerprint density at radius 2 is 0.700 bits per heavy atom. The fraction of sp³-hybridized carbons (Fsp3) is 0. The number of hydrogen-bond donors (Lipinski definition) is 0. The van der Waals surface area contributed by atoms with E-state index in [0.29, 0.717) is 0 Å². The maximum atomic E-state index is 8.56. The molecular weight excluding hydrogens is 212 g/mol.